The Bertz CT molecular complexity index is 456. The van der Waals surface area contributed by atoms with Gasteiger partial charge in [0.1, 0.15) is 0 Å². The average molecular weight is 321 g/mol. The maximum absolute atomic E-state index is 6.74. The van der Waals surface area contributed by atoms with Crippen LogP contribution in [0.2, 0.25) is 10.1 Å². The van der Waals surface area contributed by atoms with Crippen LogP contribution in [0.5, 0.6) is 0 Å². The van der Waals surface area contributed by atoms with Crippen molar-refractivity contribution in [2.24, 2.45) is 0 Å². The zero-order valence-electron chi connectivity index (χ0n) is 15.1. The number of hydrogen-bond donors (Lipinski definition) is 0. The molecule has 1 aliphatic rings. The summed E-state index contributed by atoms with van der Waals surface area (Å²) in [6.45, 7) is 14.5. The van der Waals surface area contributed by atoms with Gasteiger partial charge in [0.15, 0.2) is 0 Å². The van der Waals surface area contributed by atoms with E-state index in [0.717, 1.165) is 25.9 Å². The Labute approximate surface area is 137 Å². The summed E-state index contributed by atoms with van der Waals surface area (Å²) in [6, 6.07) is 10.7. The second-order valence-corrected chi connectivity index (χ2v) is 13.3. The first-order valence-corrected chi connectivity index (χ1v) is 10.3. The predicted octanol–water partition coefficient (Wildman–Crippen LogP) is 5.47. The molecule has 0 saturated carbocycles. The minimum atomic E-state index is -2.29. The van der Waals surface area contributed by atoms with Gasteiger partial charge in [-0.1, -0.05) is 71.9 Å². The molecule has 22 heavy (non-hydrogen) atoms. The van der Waals surface area contributed by atoms with E-state index in [4.69, 9.17) is 8.85 Å². The lowest BCUT2D eigenvalue weighted by Gasteiger charge is -2.53. The van der Waals surface area contributed by atoms with E-state index in [1.807, 2.05) is 0 Å². The van der Waals surface area contributed by atoms with Gasteiger partial charge in [-0.05, 0) is 24.8 Å². The third-order valence-electron chi connectivity index (χ3n) is 4.65. The second-order valence-electron chi connectivity index (χ2n) is 8.52. The molecule has 0 amide bonds. The number of aryl methyl sites for hydroxylation is 1. The maximum Gasteiger partial charge on any atom is 0.349 e. The minimum Gasteiger partial charge on any atom is -0.394 e. The Morgan fingerprint density at radius 1 is 1.00 bits per heavy atom. The minimum absolute atomic E-state index is 0.0800. The summed E-state index contributed by atoms with van der Waals surface area (Å²) in [7, 11) is -2.29. The van der Waals surface area contributed by atoms with Crippen LogP contribution in [-0.2, 0) is 15.3 Å². The predicted molar refractivity (Wildman–Crippen MR) is 95.4 cm³/mol. The molecule has 124 valence electrons. The van der Waals surface area contributed by atoms with Crippen molar-refractivity contribution in [1.82, 2.24) is 0 Å². The Balaban J connectivity index is 2.09. The Hall–Kier alpha value is -0.643. The van der Waals surface area contributed by atoms with Gasteiger partial charge in [-0.2, -0.15) is 0 Å². The summed E-state index contributed by atoms with van der Waals surface area (Å²) in [5.74, 6) is 0. The molecule has 1 fully saturated rings. The smallest absolute Gasteiger partial charge is 0.349 e. The van der Waals surface area contributed by atoms with Crippen LogP contribution in [0.4, 0.5) is 0 Å². The molecule has 2 nitrogen and oxygen atoms in total. The van der Waals surface area contributed by atoms with Crippen LogP contribution in [0.25, 0.3) is 0 Å². The van der Waals surface area contributed by atoms with Crippen LogP contribution in [-0.4, -0.2) is 21.3 Å². The summed E-state index contributed by atoms with van der Waals surface area (Å²) >= 11 is 0. The topological polar surface area (TPSA) is 18.5 Å². The Morgan fingerprint density at radius 3 is 2.14 bits per heavy atom. The third kappa shape index (κ3) is 3.64. The molecule has 1 aromatic carbocycles. The van der Waals surface area contributed by atoms with Crippen molar-refractivity contribution in [1.29, 1.82) is 0 Å². The van der Waals surface area contributed by atoms with Crippen molar-refractivity contribution in [3.8, 4) is 0 Å². The van der Waals surface area contributed by atoms with Gasteiger partial charge in [0.2, 0.25) is 0 Å². The molecule has 1 unspecified atom stereocenters. The number of hydrogen-bond acceptors (Lipinski definition) is 2. The van der Waals surface area contributed by atoms with E-state index in [-0.39, 0.29) is 10.1 Å². The van der Waals surface area contributed by atoms with Gasteiger partial charge in [-0.25, -0.2) is 0 Å². The normalized spacial score (nSPS) is 22.5. The fourth-order valence-corrected chi connectivity index (χ4v) is 8.75. The van der Waals surface area contributed by atoms with Gasteiger partial charge < -0.3 is 8.85 Å². The number of benzene rings is 1. The lowest BCUT2D eigenvalue weighted by atomic mass is 10.1. The molecule has 0 radical (unpaired) electrons. The molecule has 0 aliphatic carbocycles. The fraction of sp³-hybridized carbons (Fsp3) is 0.684. The van der Waals surface area contributed by atoms with Crippen LogP contribution >= 0.6 is 0 Å². The largest absolute Gasteiger partial charge is 0.394 e. The Kier molecular flexibility index (Phi) is 5.20. The molecule has 1 saturated heterocycles. The van der Waals surface area contributed by atoms with E-state index in [1.54, 1.807) is 0 Å². The van der Waals surface area contributed by atoms with Crippen LogP contribution in [0, 0.1) is 0 Å². The summed E-state index contributed by atoms with van der Waals surface area (Å²) in [6.07, 6.45) is 3.53. The molecule has 1 aliphatic heterocycles. The molecule has 0 aromatic heterocycles. The van der Waals surface area contributed by atoms with E-state index >= 15 is 0 Å². The van der Waals surface area contributed by atoms with E-state index < -0.39 is 8.56 Å². The highest BCUT2D eigenvalue weighted by Crippen LogP contribution is 2.54. The second kappa shape index (κ2) is 6.46. The van der Waals surface area contributed by atoms with Crippen molar-refractivity contribution < 1.29 is 8.85 Å². The molecule has 0 bridgehead atoms. The van der Waals surface area contributed by atoms with Crippen LogP contribution in [0.3, 0.4) is 0 Å². The zero-order chi connectivity index (χ0) is 16.4. The van der Waals surface area contributed by atoms with Gasteiger partial charge in [-0.3, -0.25) is 0 Å². The Morgan fingerprint density at radius 2 is 1.59 bits per heavy atom. The van der Waals surface area contributed by atoms with E-state index in [2.05, 4.69) is 71.9 Å². The van der Waals surface area contributed by atoms with E-state index in [0.29, 0.717) is 6.10 Å². The standard InChI is InChI=1S/C19H32O2Si/c1-18(2,3)22(19(4,5)6)20-15-14-17(21-22)13-12-16-10-8-7-9-11-16/h7-11,17H,12-15H2,1-6H3. The summed E-state index contributed by atoms with van der Waals surface area (Å²) in [5.41, 5.74) is 1.40. The quantitative estimate of drug-likeness (QED) is 0.688. The van der Waals surface area contributed by atoms with Crippen LogP contribution < -0.4 is 0 Å². The van der Waals surface area contributed by atoms with Gasteiger partial charge in [0.25, 0.3) is 0 Å². The van der Waals surface area contributed by atoms with Crippen LogP contribution in [0.15, 0.2) is 30.3 Å². The van der Waals surface area contributed by atoms with E-state index in [1.165, 1.54) is 5.56 Å². The summed E-state index contributed by atoms with van der Waals surface area (Å²) in [5, 5.41) is 0.160. The zero-order valence-corrected chi connectivity index (χ0v) is 16.1. The van der Waals surface area contributed by atoms with E-state index in [9.17, 15) is 0 Å². The molecule has 3 heteroatoms. The van der Waals surface area contributed by atoms with Crippen LogP contribution in [0.1, 0.15) is 59.9 Å². The molecule has 0 N–H and O–H groups in total. The SMILES string of the molecule is CC(C)(C)[Si]1(C(C)(C)C)OCCC(CCc2ccccc2)O1. The van der Waals surface area contributed by atoms with Crippen molar-refractivity contribution in [2.75, 3.05) is 6.61 Å². The molecule has 2 rings (SSSR count). The summed E-state index contributed by atoms with van der Waals surface area (Å²) in [4.78, 5) is 0. The highest BCUT2D eigenvalue weighted by molar-refractivity contribution is 6.73. The lowest BCUT2D eigenvalue weighted by molar-refractivity contribution is 0.0167. The monoisotopic (exact) mass is 320 g/mol. The molecular formula is C19H32O2Si. The molecular weight excluding hydrogens is 288 g/mol. The molecule has 0 spiro atoms. The molecule has 1 aromatic rings. The van der Waals surface area contributed by atoms with Crippen molar-refractivity contribution in [2.45, 2.75) is 77.0 Å². The first-order valence-electron chi connectivity index (χ1n) is 8.51. The maximum atomic E-state index is 6.74. The van der Waals surface area contributed by atoms with Crippen molar-refractivity contribution in [3.05, 3.63) is 35.9 Å². The van der Waals surface area contributed by atoms with Gasteiger partial charge in [0.05, 0.1) is 0 Å². The third-order valence-corrected chi connectivity index (χ3v) is 9.88. The first kappa shape index (κ1) is 17.7. The highest BCUT2D eigenvalue weighted by Gasteiger charge is 2.60. The highest BCUT2D eigenvalue weighted by atomic mass is 28.4. The van der Waals surface area contributed by atoms with Crippen molar-refractivity contribution in [3.63, 3.8) is 0 Å². The average Bonchev–Trinajstić information content (AvgIpc) is 2.44. The fourth-order valence-electron chi connectivity index (χ4n) is 3.75. The lowest BCUT2D eigenvalue weighted by Crippen LogP contribution is -2.61. The molecule has 1 heterocycles. The summed E-state index contributed by atoms with van der Waals surface area (Å²) < 4.78 is 13.1. The van der Waals surface area contributed by atoms with Gasteiger partial charge in [0, 0.05) is 22.8 Å². The molecule has 1 atom stereocenters. The van der Waals surface area contributed by atoms with Gasteiger partial charge in [-0.15, -0.1) is 0 Å². The van der Waals surface area contributed by atoms with Gasteiger partial charge >= 0.3 is 8.56 Å². The number of rotatable bonds is 3. The van der Waals surface area contributed by atoms with Crippen molar-refractivity contribution >= 4 is 8.56 Å². The first-order chi connectivity index (χ1) is 10.2.